The minimum absolute atomic E-state index is 0. The van der Waals surface area contributed by atoms with Crippen LogP contribution in [0.4, 0.5) is 15.3 Å². The number of primary amides is 1. The Hall–Kier alpha value is -5.53. The van der Waals surface area contributed by atoms with E-state index in [1.807, 2.05) is 0 Å². The molecule has 0 spiro atoms. The molecule has 5 N–H and O–H groups in total. The van der Waals surface area contributed by atoms with Gasteiger partial charge in [-0.05, 0) is 61.4 Å². The van der Waals surface area contributed by atoms with E-state index in [1.165, 1.54) is 12.2 Å². The number of anilines is 1. The molecule has 0 aliphatic carbocycles. The lowest BCUT2D eigenvalue weighted by Crippen LogP contribution is -2.45. The number of para-hydroxylation sites is 1. The zero-order valence-electron chi connectivity index (χ0n) is 28.4. The van der Waals surface area contributed by atoms with Crippen LogP contribution in [0.5, 0.6) is 5.75 Å². The molecule has 0 bridgehead atoms. The number of hydrogen-bond acceptors (Lipinski definition) is 9. The third kappa shape index (κ3) is 15.6. The quantitative estimate of drug-likeness (QED) is 0.0608. The summed E-state index contributed by atoms with van der Waals surface area (Å²) < 4.78 is 10.3. The number of Topliss-reactive ketones (excluding diaryl/α,β-unsaturated/α-hetero) is 1. The van der Waals surface area contributed by atoms with Gasteiger partial charge in [-0.25, -0.2) is 9.59 Å². The van der Waals surface area contributed by atoms with Gasteiger partial charge in [-0.15, -0.1) is 0 Å². The number of ether oxygens (including phenoxy) is 2. The third-order valence-corrected chi connectivity index (χ3v) is 7.89. The van der Waals surface area contributed by atoms with Gasteiger partial charge in [-0.1, -0.05) is 65.5 Å². The minimum atomic E-state index is -0.855. The van der Waals surface area contributed by atoms with E-state index in [9.17, 15) is 33.6 Å². The number of unbranched alkanes of at least 4 members (excludes halogenated alkanes) is 2. The average molecular weight is 724 g/mol. The van der Waals surface area contributed by atoms with E-state index in [1.54, 1.807) is 68.4 Å². The monoisotopic (exact) mass is 723 g/mol. The van der Waals surface area contributed by atoms with Crippen LogP contribution < -0.4 is 26.4 Å². The number of hydrogen-bond donors (Lipinski definition) is 4. The first kappa shape index (κ1) is 44.5. The SMILES string of the molecule is C.C.CC(C)[C@H](NC(=O)CCCCCN1C(=O)C=CC1=O)C(=O)C[C@@H](CCCNC(N)=O)C(=O)Nc1ccc(COC(=O)Oc2ccccc2)cc1. The van der Waals surface area contributed by atoms with Gasteiger partial charge in [0.25, 0.3) is 11.8 Å². The second-order valence-electron chi connectivity index (χ2n) is 12.2. The van der Waals surface area contributed by atoms with Crippen LogP contribution in [0.3, 0.4) is 0 Å². The first-order valence-electron chi connectivity index (χ1n) is 16.6. The van der Waals surface area contributed by atoms with Crippen molar-refractivity contribution in [1.82, 2.24) is 15.5 Å². The molecule has 0 radical (unpaired) electrons. The second kappa shape index (κ2) is 23.0. The molecule has 284 valence electrons. The highest BCUT2D eigenvalue weighted by molar-refractivity contribution is 6.12. The van der Waals surface area contributed by atoms with Crippen molar-refractivity contribution in [1.29, 1.82) is 0 Å². The van der Waals surface area contributed by atoms with Crippen LogP contribution in [-0.4, -0.2) is 65.6 Å². The largest absolute Gasteiger partial charge is 0.514 e. The molecule has 0 unspecified atom stereocenters. The van der Waals surface area contributed by atoms with Crippen LogP contribution in [0.25, 0.3) is 0 Å². The molecule has 2 aromatic rings. The molecule has 0 fully saturated rings. The lowest BCUT2D eigenvalue weighted by atomic mass is 9.89. The van der Waals surface area contributed by atoms with Crippen LogP contribution in [-0.2, 0) is 35.3 Å². The fourth-order valence-electron chi connectivity index (χ4n) is 5.19. The number of rotatable bonds is 20. The summed E-state index contributed by atoms with van der Waals surface area (Å²) in [6.07, 6.45) is 3.95. The second-order valence-corrected chi connectivity index (χ2v) is 12.2. The number of benzene rings is 2. The van der Waals surface area contributed by atoms with Crippen LogP contribution in [0, 0.1) is 11.8 Å². The lowest BCUT2D eigenvalue weighted by molar-refractivity contribution is -0.137. The average Bonchev–Trinajstić information content (AvgIpc) is 3.40. The van der Waals surface area contributed by atoms with Gasteiger partial charge in [0.1, 0.15) is 12.4 Å². The Labute approximate surface area is 305 Å². The fraction of sp³-hybridized carbons (Fsp3) is 0.447. The molecule has 1 aliphatic rings. The van der Waals surface area contributed by atoms with Gasteiger partial charge in [0.15, 0.2) is 5.78 Å². The van der Waals surface area contributed by atoms with Gasteiger partial charge in [-0.2, -0.15) is 0 Å². The Kier molecular flexibility index (Phi) is 19.7. The third-order valence-electron chi connectivity index (χ3n) is 7.89. The Balaban J connectivity index is 0.00000676. The van der Waals surface area contributed by atoms with Crippen LogP contribution >= 0.6 is 0 Å². The summed E-state index contributed by atoms with van der Waals surface area (Å²) in [5.41, 5.74) is 6.27. The summed E-state index contributed by atoms with van der Waals surface area (Å²) in [5, 5.41) is 8.11. The summed E-state index contributed by atoms with van der Waals surface area (Å²) in [6, 6.07) is 13.6. The molecule has 0 aromatic heterocycles. The molecule has 14 nitrogen and oxygen atoms in total. The van der Waals surface area contributed by atoms with Crippen LogP contribution in [0.15, 0.2) is 66.7 Å². The maximum Gasteiger partial charge on any atom is 0.514 e. The van der Waals surface area contributed by atoms with E-state index in [-0.39, 0.29) is 83.2 Å². The van der Waals surface area contributed by atoms with Crippen molar-refractivity contribution in [2.75, 3.05) is 18.4 Å². The zero-order chi connectivity index (χ0) is 36.5. The van der Waals surface area contributed by atoms with Crippen molar-refractivity contribution in [3.05, 3.63) is 72.3 Å². The van der Waals surface area contributed by atoms with Crippen molar-refractivity contribution in [3.8, 4) is 5.75 Å². The topological polar surface area (TPSA) is 203 Å². The molecule has 14 heteroatoms. The van der Waals surface area contributed by atoms with Crippen molar-refractivity contribution < 1.29 is 43.0 Å². The van der Waals surface area contributed by atoms with Gasteiger partial charge in [0.05, 0.1) is 6.04 Å². The number of ketones is 1. The molecule has 3 rings (SSSR count). The van der Waals surface area contributed by atoms with Gasteiger partial charge in [0.2, 0.25) is 11.8 Å². The molecule has 1 aliphatic heterocycles. The first-order chi connectivity index (χ1) is 23.9. The number of carbonyl (C=O) groups excluding carboxylic acids is 7. The van der Waals surface area contributed by atoms with Crippen LogP contribution in [0.1, 0.15) is 79.2 Å². The standard InChI is InChI=1S/C36H45N5O9.2CH4/c1-24(2)33(40-30(43)13-7-4-8-21-41-31(44)18-19-32(41)45)29(42)22-26(10-9-20-38-35(37)47)34(46)39-27-16-14-25(15-17-27)23-49-36(48)50-28-11-5-3-6-12-28;;/h3,5-6,11-12,14-19,24,26,33H,4,7-10,13,20-23H2,1-2H3,(H,39,46)(H,40,43)(H3,37,38,47);2*1H4/t26-,33+;;/m1../s1. The van der Waals surface area contributed by atoms with Crippen molar-refractivity contribution in [2.24, 2.45) is 17.6 Å². The first-order valence-corrected chi connectivity index (χ1v) is 16.6. The maximum absolute atomic E-state index is 13.5. The molecular weight excluding hydrogens is 670 g/mol. The van der Waals surface area contributed by atoms with E-state index < -0.39 is 30.1 Å². The Morgan fingerprint density at radius 3 is 2.12 bits per heavy atom. The van der Waals surface area contributed by atoms with E-state index >= 15 is 0 Å². The molecule has 0 saturated carbocycles. The minimum Gasteiger partial charge on any atom is -0.429 e. The smallest absolute Gasteiger partial charge is 0.429 e. The summed E-state index contributed by atoms with van der Waals surface area (Å²) in [4.78, 5) is 87.3. The Morgan fingerprint density at radius 1 is 0.846 bits per heavy atom. The fourth-order valence-corrected chi connectivity index (χ4v) is 5.19. The summed E-state index contributed by atoms with van der Waals surface area (Å²) in [5.74, 6) is -2.36. The highest BCUT2D eigenvalue weighted by atomic mass is 16.7. The summed E-state index contributed by atoms with van der Waals surface area (Å²) in [7, 11) is 0. The van der Waals surface area contributed by atoms with Crippen molar-refractivity contribution >= 4 is 47.3 Å². The number of amides is 6. The molecule has 0 saturated heterocycles. The predicted molar refractivity (Wildman–Crippen MR) is 197 cm³/mol. The molecule has 6 amide bonds. The van der Waals surface area contributed by atoms with E-state index in [0.717, 1.165) is 4.90 Å². The lowest BCUT2D eigenvalue weighted by Gasteiger charge is -2.24. The highest BCUT2D eigenvalue weighted by Crippen LogP contribution is 2.20. The predicted octanol–water partition coefficient (Wildman–Crippen LogP) is 5.26. The van der Waals surface area contributed by atoms with Gasteiger partial charge in [-0.3, -0.25) is 28.9 Å². The zero-order valence-corrected chi connectivity index (χ0v) is 28.4. The normalized spacial score (nSPS) is 12.9. The molecule has 2 aromatic carbocycles. The maximum atomic E-state index is 13.5. The summed E-state index contributed by atoms with van der Waals surface area (Å²) in [6.45, 7) is 4.06. The number of imide groups is 1. The van der Waals surface area contributed by atoms with Crippen LogP contribution in [0.2, 0.25) is 0 Å². The number of nitrogens with two attached hydrogens (primary N) is 1. The number of nitrogens with one attached hydrogen (secondary N) is 3. The molecule has 1 heterocycles. The van der Waals surface area contributed by atoms with Crippen molar-refractivity contribution in [2.45, 2.75) is 86.3 Å². The Bertz CT molecular complexity index is 1510. The number of carbonyl (C=O) groups is 7. The van der Waals surface area contributed by atoms with E-state index in [4.69, 9.17) is 15.2 Å². The van der Waals surface area contributed by atoms with E-state index in [2.05, 4.69) is 16.0 Å². The Morgan fingerprint density at radius 2 is 1.50 bits per heavy atom. The molecule has 52 heavy (non-hydrogen) atoms. The number of nitrogens with zero attached hydrogens (tertiary/aromatic N) is 1. The van der Waals surface area contributed by atoms with Crippen molar-refractivity contribution in [3.63, 3.8) is 0 Å². The number of urea groups is 1. The van der Waals surface area contributed by atoms with E-state index in [0.29, 0.717) is 42.7 Å². The summed E-state index contributed by atoms with van der Waals surface area (Å²) >= 11 is 0. The molecular formula is C38H53N5O9. The van der Waals surface area contributed by atoms with Gasteiger partial charge < -0.3 is 31.2 Å². The highest BCUT2D eigenvalue weighted by Gasteiger charge is 2.29. The van der Waals surface area contributed by atoms with Gasteiger partial charge >= 0.3 is 12.2 Å². The molecule has 2 atom stereocenters. The van der Waals surface area contributed by atoms with Gasteiger partial charge in [0, 0.05) is 49.7 Å².